The molecule has 0 atom stereocenters. The highest BCUT2D eigenvalue weighted by atomic mass is 16.5. The number of nitrogens with zero attached hydrogens (tertiary/aromatic N) is 1. The Hall–Kier alpha value is -2.11. The fourth-order valence-corrected chi connectivity index (χ4v) is 1.72. The van der Waals surface area contributed by atoms with Crippen molar-refractivity contribution in [1.29, 1.82) is 0 Å². The summed E-state index contributed by atoms with van der Waals surface area (Å²) in [5, 5.41) is 11.3. The van der Waals surface area contributed by atoms with Crippen LogP contribution >= 0.6 is 0 Å². The minimum atomic E-state index is -0.787. The average Bonchev–Trinajstić information content (AvgIpc) is 2.41. The van der Waals surface area contributed by atoms with Gasteiger partial charge in [0, 0.05) is 19.0 Å². The predicted octanol–water partition coefficient (Wildman–Crippen LogP) is 2.24. The van der Waals surface area contributed by atoms with Crippen LogP contribution in [0.3, 0.4) is 0 Å². The van der Waals surface area contributed by atoms with Gasteiger partial charge in [-0.2, -0.15) is 0 Å². The number of ether oxygens (including phenoxy) is 1. The van der Waals surface area contributed by atoms with E-state index in [0.717, 1.165) is 12.8 Å². The van der Waals surface area contributed by atoms with E-state index < -0.39 is 5.97 Å². The van der Waals surface area contributed by atoms with Crippen LogP contribution in [0.5, 0.6) is 5.88 Å². The Labute approximate surface area is 124 Å². The number of pyridine rings is 1. The van der Waals surface area contributed by atoms with Gasteiger partial charge in [-0.05, 0) is 32.8 Å². The third kappa shape index (κ3) is 7.29. The zero-order chi connectivity index (χ0) is 15.7. The van der Waals surface area contributed by atoms with Crippen LogP contribution in [0, 0.1) is 0 Å². The number of carboxylic acids is 1. The SMILES string of the molecule is CC(C)Oc1cccc(C(=O)NCCCCCC(=O)O)n1. The lowest BCUT2D eigenvalue weighted by molar-refractivity contribution is -0.137. The first-order valence-corrected chi connectivity index (χ1v) is 7.12. The van der Waals surface area contributed by atoms with Gasteiger partial charge in [0.2, 0.25) is 5.88 Å². The van der Waals surface area contributed by atoms with Gasteiger partial charge in [0.05, 0.1) is 6.10 Å². The van der Waals surface area contributed by atoms with Gasteiger partial charge in [0.15, 0.2) is 0 Å². The quantitative estimate of drug-likeness (QED) is 0.682. The van der Waals surface area contributed by atoms with E-state index in [-0.39, 0.29) is 18.4 Å². The van der Waals surface area contributed by atoms with Gasteiger partial charge in [0.1, 0.15) is 5.69 Å². The maximum Gasteiger partial charge on any atom is 0.303 e. The summed E-state index contributed by atoms with van der Waals surface area (Å²) in [4.78, 5) is 26.4. The third-order valence-electron chi connectivity index (χ3n) is 2.67. The monoisotopic (exact) mass is 294 g/mol. The van der Waals surface area contributed by atoms with E-state index in [1.165, 1.54) is 0 Å². The first-order valence-electron chi connectivity index (χ1n) is 7.12. The van der Waals surface area contributed by atoms with Crippen LogP contribution in [-0.2, 0) is 4.79 Å². The number of nitrogens with one attached hydrogen (secondary N) is 1. The number of aromatic nitrogens is 1. The second kappa shape index (κ2) is 8.94. The van der Waals surface area contributed by atoms with Crippen molar-refractivity contribution < 1.29 is 19.4 Å². The zero-order valence-corrected chi connectivity index (χ0v) is 12.5. The van der Waals surface area contributed by atoms with E-state index in [4.69, 9.17) is 9.84 Å². The molecule has 0 aliphatic carbocycles. The third-order valence-corrected chi connectivity index (χ3v) is 2.67. The summed E-state index contributed by atoms with van der Waals surface area (Å²) in [6, 6.07) is 5.07. The number of rotatable bonds is 9. The van der Waals surface area contributed by atoms with Gasteiger partial charge in [-0.15, -0.1) is 0 Å². The van der Waals surface area contributed by atoms with E-state index >= 15 is 0 Å². The van der Waals surface area contributed by atoms with Crippen molar-refractivity contribution >= 4 is 11.9 Å². The Bertz CT molecular complexity index is 474. The van der Waals surface area contributed by atoms with Gasteiger partial charge in [0.25, 0.3) is 5.91 Å². The van der Waals surface area contributed by atoms with Crippen molar-refractivity contribution in [2.45, 2.75) is 45.6 Å². The van der Waals surface area contributed by atoms with Crippen molar-refractivity contribution in [3.63, 3.8) is 0 Å². The Morgan fingerprint density at radius 2 is 2.05 bits per heavy atom. The molecule has 0 spiro atoms. The lowest BCUT2D eigenvalue weighted by Gasteiger charge is -2.09. The molecule has 0 aliphatic heterocycles. The summed E-state index contributed by atoms with van der Waals surface area (Å²) >= 11 is 0. The summed E-state index contributed by atoms with van der Waals surface area (Å²) < 4.78 is 5.44. The van der Waals surface area contributed by atoms with Gasteiger partial charge in [-0.25, -0.2) is 4.98 Å². The summed E-state index contributed by atoms with van der Waals surface area (Å²) in [6.07, 6.45) is 2.33. The molecule has 116 valence electrons. The van der Waals surface area contributed by atoms with Crippen LogP contribution in [-0.4, -0.2) is 34.6 Å². The molecule has 1 rings (SSSR count). The number of carboxylic acid groups (broad SMARTS) is 1. The number of unbranched alkanes of at least 4 members (excludes halogenated alkanes) is 2. The summed E-state index contributed by atoms with van der Waals surface area (Å²) in [5.41, 5.74) is 0.318. The maximum atomic E-state index is 11.9. The molecule has 0 fully saturated rings. The Morgan fingerprint density at radius 1 is 1.29 bits per heavy atom. The highest BCUT2D eigenvalue weighted by molar-refractivity contribution is 5.92. The molecule has 0 saturated heterocycles. The summed E-state index contributed by atoms with van der Waals surface area (Å²) in [5.74, 6) is -0.605. The van der Waals surface area contributed by atoms with Crippen molar-refractivity contribution in [2.75, 3.05) is 6.54 Å². The van der Waals surface area contributed by atoms with Crippen LogP contribution in [0.15, 0.2) is 18.2 Å². The molecule has 21 heavy (non-hydrogen) atoms. The molecule has 0 saturated carbocycles. The van der Waals surface area contributed by atoms with E-state index in [0.29, 0.717) is 24.5 Å². The van der Waals surface area contributed by atoms with Gasteiger partial charge >= 0.3 is 5.97 Å². The topological polar surface area (TPSA) is 88.5 Å². The number of carbonyl (C=O) groups is 2. The van der Waals surface area contributed by atoms with Crippen LogP contribution in [0.1, 0.15) is 50.0 Å². The smallest absolute Gasteiger partial charge is 0.303 e. The number of amides is 1. The molecule has 6 nitrogen and oxygen atoms in total. The highest BCUT2D eigenvalue weighted by Gasteiger charge is 2.08. The van der Waals surface area contributed by atoms with Crippen molar-refractivity contribution in [2.24, 2.45) is 0 Å². The van der Waals surface area contributed by atoms with E-state index in [9.17, 15) is 9.59 Å². The minimum Gasteiger partial charge on any atom is -0.481 e. The maximum absolute atomic E-state index is 11.9. The molecule has 0 aromatic carbocycles. The number of hydrogen-bond acceptors (Lipinski definition) is 4. The Balaban J connectivity index is 2.33. The van der Waals surface area contributed by atoms with Crippen molar-refractivity contribution in [3.05, 3.63) is 23.9 Å². The lowest BCUT2D eigenvalue weighted by atomic mass is 10.2. The minimum absolute atomic E-state index is 0.00467. The second-order valence-electron chi connectivity index (χ2n) is 4.99. The standard InChI is InChI=1S/C15H22N2O4/c1-11(2)21-13-8-6-7-12(17-13)15(20)16-10-5-3-4-9-14(18)19/h6-8,11H,3-5,9-10H2,1-2H3,(H,16,20)(H,18,19). The molecular formula is C15H22N2O4. The fourth-order valence-electron chi connectivity index (χ4n) is 1.72. The molecule has 0 aliphatic rings. The Morgan fingerprint density at radius 3 is 2.71 bits per heavy atom. The first kappa shape index (κ1) is 16.9. The number of hydrogen-bond donors (Lipinski definition) is 2. The Kier molecular flexibility index (Phi) is 7.21. The summed E-state index contributed by atoms with van der Waals surface area (Å²) in [6.45, 7) is 4.30. The predicted molar refractivity (Wildman–Crippen MR) is 78.4 cm³/mol. The van der Waals surface area contributed by atoms with Gasteiger partial charge in [-0.1, -0.05) is 12.5 Å². The molecule has 1 amide bonds. The van der Waals surface area contributed by atoms with Crippen LogP contribution < -0.4 is 10.1 Å². The first-order chi connectivity index (χ1) is 9.99. The fraction of sp³-hybridized carbons (Fsp3) is 0.533. The molecule has 1 aromatic rings. The molecule has 0 bridgehead atoms. The lowest BCUT2D eigenvalue weighted by Crippen LogP contribution is -2.25. The number of carbonyl (C=O) groups excluding carboxylic acids is 1. The van der Waals surface area contributed by atoms with Gasteiger partial charge < -0.3 is 15.2 Å². The van der Waals surface area contributed by atoms with Crippen molar-refractivity contribution in [3.8, 4) is 5.88 Å². The van der Waals surface area contributed by atoms with Crippen LogP contribution in [0.2, 0.25) is 0 Å². The second-order valence-corrected chi connectivity index (χ2v) is 4.99. The van der Waals surface area contributed by atoms with E-state index in [1.807, 2.05) is 13.8 Å². The largest absolute Gasteiger partial charge is 0.481 e. The van der Waals surface area contributed by atoms with Crippen LogP contribution in [0.25, 0.3) is 0 Å². The zero-order valence-electron chi connectivity index (χ0n) is 12.5. The molecule has 0 unspecified atom stereocenters. The van der Waals surface area contributed by atoms with E-state index in [2.05, 4.69) is 10.3 Å². The molecule has 1 aromatic heterocycles. The molecule has 1 heterocycles. The normalized spacial score (nSPS) is 10.4. The van der Waals surface area contributed by atoms with Crippen molar-refractivity contribution in [1.82, 2.24) is 10.3 Å². The molecule has 0 radical (unpaired) electrons. The molecule has 6 heteroatoms. The average molecular weight is 294 g/mol. The van der Waals surface area contributed by atoms with Crippen LogP contribution in [0.4, 0.5) is 0 Å². The molecule has 2 N–H and O–H groups in total. The molecular weight excluding hydrogens is 272 g/mol. The summed E-state index contributed by atoms with van der Waals surface area (Å²) in [7, 11) is 0. The number of aliphatic carboxylic acids is 1. The van der Waals surface area contributed by atoms with Gasteiger partial charge in [-0.3, -0.25) is 9.59 Å². The highest BCUT2D eigenvalue weighted by Crippen LogP contribution is 2.09. The van der Waals surface area contributed by atoms with E-state index in [1.54, 1.807) is 18.2 Å².